The summed E-state index contributed by atoms with van der Waals surface area (Å²) in [7, 11) is 0. The van der Waals surface area contributed by atoms with Gasteiger partial charge in [-0.1, -0.05) is 0 Å². The molecule has 2 heterocycles. The number of carbonyl (C=O) groups is 1. The van der Waals surface area contributed by atoms with E-state index in [1.165, 1.54) is 4.68 Å². The maximum absolute atomic E-state index is 11.6. The van der Waals surface area contributed by atoms with Gasteiger partial charge in [0.25, 0.3) is 5.56 Å². The first-order valence-electron chi connectivity index (χ1n) is 5.36. The fourth-order valence-corrected chi connectivity index (χ4v) is 1.77. The number of rotatable bonds is 3. The molecule has 0 aromatic carbocycles. The molecule has 9 heteroatoms. The second kappa shape index (κ2) is 4.52. The van der Waals surface area contributed by atoms with Crippen LogP contribution >= 0.6 is 0 Å². The number of nitrogens with one attached hydrogen (secondary N) is 2. The molecule has 0 atom stereocenters. The predicted octanol–water partition coefficient (Wildman–Crippen LogP) is -1.11. The zero-order chi connectivity index (χ0) is 14.2. The Labute approximate surface area is 105 Å². The molecule has 2 aromatic rings. The van der Waals surface area contributed by atoms with Crippen LogP contribution in [0.25, 0.3) is 5.82 Å². The normalized spacial score (nSPS) is 10.6. The molecule has 2 aromatic heterocycles. The summed E-state index contributed by atoms with van der Waals surface area (Å²) in [4.78, 5) is 35.3. The van der Waals surface area contributed by atoms with Gasteiger partial charge in [0.2, 0.25) is 5.82 Å². The van der Waals surface area contributed by atoms with Gasteiger partial charge in [-0.25, -0.2) is 14.6 Å². The van der Waals surface area contributed by atoms with Crippen molar-refractivity contribution in [2.24, 2.45) is 0 Å². The zero-order valence-corrected chi connectivity index (χ0v) is 10.2. The largest absolute Gasteiger partial charge is 0.481 e. The van der Waals surface area contributed by atoms with Crippen molar-refractivity contribution in [3.05, 3.63) is 37.8 Å². The van der Waals surface area contributed by atoms with Gasteiger partial charge in [0.15, 0.2) is 0 Å². The number of nitrogens with zero attached hydrogens (tertiary/aromatic N) is 3. The average molecular weight is 265 g/mol. The average Bonchev–Trinajstić information content (AvgIpc) is 2.57. The Bertz CT molecular complexity index is 754. The summed E-state index contributed by atoms with van der Waals surface area (Å²) in [5.74, 6) is -1.11. The van der Waals surface area contributed by atoms with Crippen molar-refractivity contribution in [1.29, 1.82) is 0 Å². The smallest absolute Gasteiger partial charge is 0.342 e. The Hall–Kier alpha value is -2.71. The molecule has 3 N–H and O–H groups in total. The van der Waals surface area contributed by atoms with Crippen LogP contribution in [0.5, 0.6) is 0 Å². The van der Waals surface area contributed by atoms with Crippen molar-refractivity contribution in [2.75, 3.05) is 0 Å². The number of aryl methyl sites for hydroxylation is 1. The van der Waals surface area contributed by atoms with Gasteiger partial charge in [0.1, 0.15) is 0 Å². The third kappa shape index (κ3) is 2.30. The van der Waals surface area contributed by atoms with E-state index in [2.05, 4.69) is 15.3 Å². The van der Waals surface area contributed by atoms with E-state index in [-0.39, 0.29) is 12.2 Å². The molecule has 2 rings (SSSR count). The lowest BCUT2D eigenvalue weighted by Crippen LogP contribution is -2.28. The summed E-state index contributed by atoms with van der Waals surface area (Å²) in [5, 5.41) is 18.6. The molecule has 0 aliphatic heterocycles. The van der Waals surface area contributed by atoms with Crippen LogP contribution in [0.2, 0.25) is 0 Å². The van der Waals surface area contributed by atoms with Gasteiger partial charge in [0, 0.05) is 11.3 Å². The van der Waals surface area contributed by atoms with Crippen LogP contribution in [0.15, 0.2) is 9.59 Å². The topological polar surface area (TPSA) is 134 Å². The van der Waals surface area contributed by atoms with E-state index in [1.54, 1.807) is 13.8 Å². The molecular weight excluding hydrogens is 254 g/mol. The first-order valence-corrected chi connectivity index (χ1v) is 5.36. The molecule has 0 aliphatic carbocycles. The molecule has 0 bridgehead atoms. The van der Waals surface area contributed by atoms with Crippen molar-refractivity contribution < 1.29 is 9.90 Å². The third-order valence-electron chi connectivity index (χ3n) is 2.66. The van der Waals surface area contributed by atoms with E-state index in [0.29, 0.717) is 17.0 Å². The summed E-state index contributed by atoms with van der Waals surface area (Å²) < 4.78 is 1.21. The summed E-state index contributed by atoms with van der Waals surface area (Å²) in [6.07, 6.45) is -0.196. The molecule has 0 amide bonds. The first-order chi connectivity index (χ1) is 8.90. The molecular formula is C10H11N5O4. The standard InChI is InChI=1S/C10H11N5O4/c1-4-6(3-7(16)17)5(2)15(14-4)8-9(18)11-10(19)13-12-8/h3H2,1-2H3,(H,16,17)(H2,11,13,18,19). The van der Waals surface area contributed by atoms with E-state index in [1.807, 2.05) is 4.98 Å². The van der Waals surface area contributed by atoms with Crippen LogP contribution in [-0.2, 0) is 11.2 Å². The van der Waals surface area contributed by atoms with Crippen LogP contribution in [-0.4, -0.2) is 36.0 Å². The predicted molar refractivity (Wildman–Crippen MR) is 63.4 cm³/mol. The number of hydrogen-bond acceptors (Lipinski definition) is 5. The van der Waals surface area contributed by atoms with Gasteiger partial charge < -0.3 is 5.11 Å². The van der Waals surface area contributed by atoms with E-state index >= 15 is 0 Å². The highest BCUT2D eigenvalue weighted by Gasteiger charge is 2.17. The fourth-order valence-electron chi connectivity index (χ4n) is 1.77. The number of H-pyrrole nitrogens is 2. The second-order valence-corrected chi connectivity index (χ2v) is 3.96. The maximum Gasteiger partial charge on any atom is 0.342 e. The third-order valence-corrected chi connectivity index (χ3v) is 2.66. The van der Waals surface area contributed by atoms with Gasteiger partial charge in [-0.3, -0.25) is 14.6 Å². The SMILES string of the molecule is Cc1nn(-c2n[nH]c(=O)[nH]c2=O)c(C)c1CC(=O)O. The monoisotopic (exact) mass is 265 g/mol. The Morgan fingerprint density at radius 1 is 1.37 bits per heavy atom. The number of carboxylic acids is 1. The molecule has 0 fully saturated rings. The molecule has 9 nitrogen and oxygen atoms in total. The van der Waals surface area contributed by atoms with Gasteiger partial charge in [-0.15, -0.1) is 5.10 Å². The van der Waals surface area contributed by atoms with Crippen molar-refractivity contribution in [2.45, 2.75) is 20.3 Å². The minimum Gasteiger partial charge on any atom is -0.481 e. The van der Waals surface area contributed by atoms with Crippen molar-refractivity contribution >= 4 is 5.97 Å². The minimum atomic E-state index is -0.992. The lowest BCUT2D eigenvalue weighted by molar-refractivity contribution is -0.136. The van der Waals surface area contributed by atoms with Crippen molar-refractivity contribution in [1.82, 2.24) is 25.0 Å². The van der Waals surface area contributed by atoms with Crippen molar-refractivity contribution in [3.8, 4) is 5.82 Å². The summed E-state index contributed by atoms with van der Waals surface area (Å²) >= 11 is 0. The van der Waals surface area contributed by atoms with Gasteiger partial charge in [-0.05, 0) is 13.8 Å². The molecule has 0 saturated carbocycles. The van der Waals surface area contributed by atoms with E-state index in [9.17, 15) is 14.4 Å². The van der Waals surface area contributed by atoms with Crippen LogP contribution in [0.4, 0.5) is 0 Å². The molecule has 0 unspecified atom stereocenters. The number of aliphatic carboxylic acids is 1. The van der Waals surface area contributed by atoms with Gasteiger partial charge in [0.05, 0.1) is 12.1 Å². The second-order valence-electron chi connectivity index (χ2n) is 3.96. The zero-order valence-electron chi connectivity index (χ0n) is 10.2. The number of aromatic nitrogens is 5. The Balaban J connectivity index is 2.61. The lowest BCUT2D eigenvalue weighted by atomic mass is 10.1. The lowest BCUT2D eigenvalue weighted by Gasteiger charge is -2.01. The highest BCUT2D eigenvalue weighted by Crippen LogP contribution is 2.15. The molecule has 0 spiro atoms. The quantitative estimate of drug-likeness (QED) is 0.644. The maximum atomic E-state index is 11.6. The molecule has 0 aliphatic rings. The first kappa shape index (κ1) is 12.7. The Morgan fingerprint density at radius 2 is 2.05 bits per heavy atom. The highest BCUT2D eigenvalue weighted by molar-refractivity contribution is 5.71. The molecule has 100 valence electrons. The number of hydrogen-bond donors (Lipinski definition) is 3. The molecule has 19 heavy (non-hydrogen) atoms. The molecule has 0 saturated heterocycles. The summed E-state index contributed by atoms with van der Waals surface area (Å²) in [6, 6.07) is 0. The summed E-state index contributed by atoms with van der Waals surface area (Å²) in [6.45, 7) is 3.27. The Morgan fingerprint density at radius 3 is 2.63 bits per heavy atom. The summed E-state index contributed by atoms with van der Waals surface area (Å²) in [5.41, 5.74) is 0.0782. The van der Waals surface area contributed by atoms with E-state index in [4.69, 9.17) is 5.11 Å². The fraction of sp³-hybridized carbons (Fsp3) is 0.300. The van der Waals surface area contributed by atoms with Gasteiger partial charge in [-0.2, -0.15) is 5.10 Å². The highest BCUT2D eigenvalue weighted by atomic mass is 16.4. The van der Waals surface area contributed by atoms with Crippen LogP contribution in [0.3, 0.4) is 0 Å². The molecule has 0 radical (unpaired) electrons. The number of carboxylic acid groups (broad SMARTS) is 1. The minimum absolute atomic E-state index is 0.114. The van der Waals surface area contributed by atoms with Crippen LogP contribution < -0.4 is 11.2 Å². The van der Waals surface area contributed by atoms with Gasteiger partial charge >= 0.3 is 11.7 Å². The van der Waals surface area contributed by atoms with Crippen molar-refractivity contribution in [3.63, 3.8) is 0 Å². The van der Waals surface area contributed by atoms with E-state index < -0.39 is 17.2 Å². The van der Waals surface area contributed by atoms with E-state index in [0.717, 1.165) is 0 Å². The van der Waals surface area contributed by atoms with Crippen LogP contribution in [0.1, 0.15) is 17.0 Å². The van der Waals surface area contributed by atoms with Crippen LogP contribution in [0, 0.1) is 13.8 Å². The Kier molecular flexibility index (Phi) is 3.03. The number of aromatic amines is 2.